The molecule has 0 saturated carbocycles. The first-order valence-electron chi connectivity index (χ1n) is 6.82. The van der Waals surface area contributed by atoms with E-state index in [0.717, 1.165) is 18.5 Å². The number of rotatable bonds is 3. The minimum absolute atomic E-state index is 0.720. The summed E-state index contributed by atoms with van der Waals surface area (Å²) in [5, 5.41) is 3.75. The first-order chi connectivity index (χ1) is 8.31. The molecule has 17 heavy (non-hydrogen) atoms. The number of piperidine rings is 3. The smallest absolute Gasteiger partial charge is 0.0227 e. The van der Waals surface area contributed by atoms with Gasteiger partial charge in [-0.05, 0) is 44.3 Å². The summed E-state index contributed by atoms with van der Waals surface area (Å²) in [4.78, 5) is 2.61. The molecular formula is C15H22N2. The van der Waals surface area contributed by atoms with Crippen molar-refractivity contribution in [3.63, 3.8) is 0 Å². The van der Waals surface area contributed by atoms with Gasteiger partial charge in [0.1, 0.15) is 0 Å². The molecule has 4 rings (SSSR count). The van der Waals surface area contributed by atoms with E-state index in [9.17, 15) is 0 Å². The largest absolute Gasteiger partial charge is 0.308 e. The highest BCUT2D eigenvalue weighted by Crippen LogP contribution is 2.27. The van der Waals surface area contributed by atoms with Gasteiger partial charge in [-0.1, -0.05) is 29.8 Å². The zero-order valence-electron chi connectivity index (χ0n) is 10.7. The van der Waals surface area contributed by atoms with E-state index in [1.54, 1.807) is 0 Å². The number of fused-ring (bicyclic) bond motifs is 3. The Bertz CT molecular complexity index is 380. The Labute approximate surface area is 104 Å². The molecule has 1 atom stereocenters. The van der Waals surface area contributed by atoms with Crippen LogP contribution in [0.15, 0.2) is 24.3 Å². The van der Waals surface area contributed by atoms with Crippen LogP contribution in [0.5, 0.6) is 0 Å². The van der Waals surface area contributed by atoms with E-state index in [4.69, 9.17) is 0 Å². The predicted molar refractivity (Wildman–Crippen MR) is 71.0 cm³/mol. The lowest BCUT2D eigenvalue weighted by Gasteiger charge is -2.45. The molecule has 0 amide bonds. The van der Waals surface area contributed by atoms with Crippen LogP contribution in [-0.4, -0.2) is 30.6 Å². The summed E-state index contributed by atoms with van der Waals surface area (Å²) in [6.07, 6.45) is 2.79. The molecule has 0 spiro atoms. The van der Waals surface area contributed by atoms with E-state index in [0.29, 0.717) is 0 Å². The Morgan fingerprint density at radius 3 is 2.76 bits per heavy atom. The molecule has 3 saturated heterocycles. The zero-order chi connectivity index (χ0) is 11.7. The summed E-state index contributed by atoms with van der Waals surface area (Å²) in [6, 6.07) is 9.55. The maximum absolute atomic E-state index is 3.75. The second-order valence-corrected chi connectivity index (χ2v) is 5.61. The molecule has 3 aliphatic heterocycles. The van der Waals surface area contributed by atoms with Gasteiger partial charge < -0.3 is 10.2 Å². The summed E-state index contributed by atoms with van der Waals surface area (Å²) in [6.45, 7) is 7.10. The van der Waals surface area contributed by atoms with Crippen molar-refractivity contribution >= 4 is 0 Å². The van der Waals surface area contributed by atoms with E-state index in [1.165, 1.54) is 43.6 Å². The summed E-state index contributed by atoms with van der Waals surface area (Å²) in [7, 11) is 0. The second kappa shape index (κ2) is 4.79. The van der Waals surface area contributed by atoms with Crippen molar-refractivity contribution in [1.29, 1.82) is 0 Å². The highest BCUT2D eigenvalue weighted by molar-refractivity contribution is 5.22. The minimum Gasteiger partial charge on any atom is -0.308 e. The number of aryl methyl sites for hydroxylation is 1. The van der Waals surface area contributed by atoms with Gasteiger partial charge in [-0.2, -0.15) is 0 Å². The van der Waals surface area contributed by atoms with Crippen LogP contribution < -0.4 is 5.32 Å². The number of hydrogen-bond acceptors (Lipinski definition) is 2. The number of hydrogen-bond donors (Lipinski definition) is 1. The van der Waals surface area contributed by atoms with E-state index in [1.807, 2.05) is 0 Å². The average Bonchev–Trinajstić information content (AvgIpc) is 2.38. The molecule has 1 aromatic rings. The van der Waals surface area contributed by atoms with Gasteiger partial charge in [0.2, 0.25) is 0 Å². The summed E-state index contributed by atoms with van der Waals surface area (Å²) in [5.74, 6) is 0.921. The van der Waals surface area contributed by atoms with E-state index in [-0.39, 0.29) is 0 Å². The summed E-state index contributed by atoms with van der Waals surface area (Å²) in [5.41, 5.74) is 2.78. The molecule has 2 bridgehead atoms. The van der Waals surface area contributed by atoms with Gasteiger partial charge in [0, 0.05) is 19.1 Å². The van der Waals surface area contributed by atoms with Crippen LogP contribution >= 0.6 is 0 Å². The highest BCUT2D eigenvalue weighted by atomic mass is 15.2. The van der Waals surface area contributed by atoms with Crippen molar-refractivity contribution in [2.75, 3.05) is 19.6 Å². The fourth-order valence-corrected chi connectivity index (χ4v) is 3.27. The van der Waals surface area contributed by atoms with Gasteiger partial charge in [-0.3, -0.25) is 0 Å². The third-order valence-corrected chi connectivity index (χ3v) is 4.31. The maximum atomic E-state index is 3.75. The summed E-state index contributed by atoms with van der Waals surface area (Å²) < 4.78 is 0. The van der Waals surface area contributed by atoms with Gasteiger partial charge >= 0.3 is 0 Å². The van der Waals surface area contributed by atoms with Crippen LogP contribution in [-0.2, 0) is 6.54 Å². The first kappa shape index (κ1) is 11.2. The average molecular weight is 230 g/mol. The van der Waals surface area contributed by atoms with Crippen LogP contribution in [0.3, 0.4) is 0 Å². The number of benzene rings is 1. The van der Waals surface area contributed by atoms with Crippen LogP contribution in [0.25, 0.3) is 0 Å². The Hall–Kier alpha value is -0.860. The first-order valence-corrected chi connectivity index (χ1v) is 6.82. The van der Waals surface area contributed by atoms with E-state index >= 15 is 0 Å². The van der Waals surface area contributed by atoms with E-state index in [2.05, 4.69) is 41.4 Å². The fourth-order valence-electron chi connectivity index (χ4n) is 3.27. The predicted octanol–water partition coefficient (Wildman–Crippen LogP) is 2.18. The van der Waals surface area contributed by atoms with Crippen molar-refractivity contribution in [2.45, 2.75) is 32.4 Å². The molecule has 2 heteroatoms. The normalized spacial score (nSPS) is 31.7. The van der Waals surface area contributed by atoms with Crippen molar-refractivity contribution in [3.05, 3.63) is 35.4 Å². The highest BCUT2D eigenvalue weighted by Gasteiger charge is 2.33. The molecule has 1 aromatic carbocycles. The molecule has 1 N–H and O–H groups in total. The van der Waals surface area contributed by atoms with Crippen LogP contribution in [0, 0.1) is 12.8 Å². The SMILES string of the molecule is Cc1cccc(CNC2CN3CCC2CC3)c1. The van der Waals surface area contributed by atoms with Gasteiger partial charge in [0.15, 0.2) is 0 Å². The van der Waals surface area contributed by atoms with Crippen molar-refractivity contribution in [2.24, 2.45) is 5.92 Å². The molecule has 1 unspecified atom stereocenters. The fraction of sp³-hybridized carbons (Fsp3) is 0.600. The minimum atomic E-state index is 0.720. The number of nitrogens with one attached hydrogen (secondary N) is 1. The molecule has 2 nitrogen and oxygen atoms in total. The topological polar surface area (TPSA) is 15.3 Å². The Kier molecular flexibility index (Phi) is 3.17. The quantitative estimate of drug-likeness (QED) is 0.856. The lowest BCUT2D eigenvalue weighted by molar-refractivity contribution is 0.0720. The Balaban J connectivity index is 1.57. The Morgan fingerprint density at radius 2 is 2.12 bits per heavy atom. The van der Waals surface area contributed by atoms with Gasteiger partial charge in [0.25, 0.3) is 0 Å². The summed E-state index contributed by atoms with van der Waals surface area (Å²) >= 11 is 0. The van der Waals surface area contributed by atoms with Crippen LogP contribution in [0.4, 0.5) is 0 Å². The van der Waals surface area contributed by atoms with E-state index < -0.39 is 0 Å². The van der Waals surface area contributed by atoms with Crippen LogP contribution in [0.1, 0.15) is 24.0 Å². The Morgan fingerprint density at radius 1 is 1.29 bits per heavy atom. The second-order valence-electron chi connectivity index (χ2n) is 5.61. The van der Waals surface area contributed by atoms with Gasteiger partial charge in [-0.15, -0.1) is 0 Å². The molecule has 92 valence electrons. The lowest BCUT2D eigenvalue weighted by Crippen LogP contribution is -2.55. The maximum Gasteiger partial charge on any atom is 0.0227 e. The van der Waals surface area contributed by atoms with Crippen LogP contribution in [0.2, 0.25) is 0 Å². The van der Waals surface area contributed by atoms with Crippen molar-refractivity contribution in [1.82, 2.24) is 10.2 Å². The van der Waals surface area contributed by atoms with Crippen molar-refractivity contribution in [3.8, 4) is 0 Å². The van der Waals surface area contributed by atoms with Gasteiger partial charge in [0.05, 0.1) is 0 Å². The third kappa shape index (κ3) is 2.53. The third-order valence-electron chi connectivity index (χ3n) is 4.31. The molecule has 3 aliphatic rings. The zero-order valence-corrected chi connectivity index (χ0v) is 10.7. The molecular weight excluding hydrogens is 208 g/mol. The number of nitrogens with zero attached hydrogens (tertiary/aromatic N) is 1. The molecule has 3 heterocycles. The molecule has 0 radical (unpaired) electrons. The molecule has 3 fully saturated rings. The lowest BCUT2D eigenvalue weighted by atomic mass is 9.84. The van der Waals surface area contributed by atoms with Crippen molar-refractivity contribution < 1.29 is 0 Å². The standard InChI is InChI=1S/C15H22N2/c1-12-3-2-4-13(9-12)10-16-15-11-17-7-5-14(15)6-8-17/h2-4,9,14-16H,5-8,10-11H2,1H3. The monoisotopic (exact) mass is 230 g/mol. The van der Waals surface area contributed by atoms with Gasteiger partial charge in [-0.25, -0.2) is 0 Å². The molecule has 0 aliphatic carbocycles. The molecule has 0 aromatic heterocycles.